The van der Waals surface area contributed by atoms with E-state index in [-0.39, 0.29) is 17.4 Å². The molecule has 2 rings (SSSR count). The first kappa shape index (κ1) is 7.58. The third kappa shape index (κ3) is 0.838. The van der Waals surface area contributed by atoms with Crippen LogP contribution in [0.5, 0.6) is 0 Å². The normalized spacial score (nSPS) is 25.9. The van der Waals surface area contributed by atoms with Crippen LogP contribution in [0.1, 0.15) is 19.8 Å². The molecule has 0 aromatic rings. The fraction of sp³-hybridized carbons (Fsp3) is 0.750. The summed E-state index contributed by atoms with van der Waals surface area (Å²) in [5, 5.41) is 2.73. The molecule has 1 heterocycles. The van der Waals surface area contributed by atoms with E-state index in [1.54, 1.807) is 0 Å². The predicted molar refractivity (Wildman–Crippen MR) is 42.5 cm³/mol. The summed E-state index contributed by atoms with van der Waals surface area (Å²) in [6.45, 7) is 2.84. The van der Waals surface area contributed by atoms with E-state index < -0.39 is 0 Å². The Morgan fingerprint density at radius 3 is 2.67 bits per heavy atom. The summed E-state index contributed by atoms with van der Waals surface area (Å²) >= 11 is 0. The second-order valence-corrected chi connectivity index (χ2v) is 3.49. The highest BCUT2D eigenvalue weighted by Gasteiger charge is 2.55. The molecule has 0 bridgehead atoms. The zero-order valence-corrected chi connectivity index (χ0v) is 7.09. The van der Waals surface area contributed by atoms with Gasteiger partial charge in [0.05, 0.1) is 5.41 Å². The Morgan fingerprint density at radius 2 is 2.17 bits per heavy atom. The number of hydrogen-bond acceptors (Lipinski definition) is 2. The molecule has 66 valence electrons. The van der Waals surface area contributed by atoms with E-state index in [0.29, 0.717) is 13.1 Å². The van der Waals surface area contributed by atoms with Crippen molar-refractivity contribution >= 4 is 11.9 Å². The molecule has 12 heavy (non-hydrogen) atoms. The Balaban J connectivity index is 2.20. The van der Waals surface area contributed by atoms with Crippen LogP contribution in [0.2, 0.25) is 0 Å². The summed E-state index contributed by atoms with van der Waals surface area (Å²) in [7, 11) is 0. The SMILES string of the molecule is CCN1C(=O)NCC2(CC2)C1=O. The predicted octanol–water partition coefficient (Wildman–Crippen LogP) is 0.338. The average Bonchev–Trinajstić information content (AvgIpc) is 2.81. The molecule has 4 nitrogen and oxygen atoms in total. The summed E-state index contributed by atoms with van der Waals surface area (Å²) in [6.07, 6.45) is 1.87. The smallest absolute Gasteiger partial charge is 0.324 e. The van der Waals surface area contributed by atoms with Crippen LogP contribution in [0.15, 0.2) is 0 Å². The molecule has 3 amide bonds. The molecule has 0 unspecified atom stereocenters. The molecule has 1 saturated heterocycles. The van der Waals surface area contributed by atoms with Gasteiger partial charge in [-0.25, -0.2) is 4.79 Å². The first-order chi connectivity index (χ1) is 5.69. The van der Waals surface area contributed by atoms with Gasteiger partial charge in [-0.05, 0) is 19.8 Å². The summed E-state index contributed by atoms with van der Waals surface area (Å²) in [5.41, 5.74) is -0.204. The van der Waals surface area contributed by atoms with Crippen molar-refractivity contribution in [2.75, 3.05) is 13.1 Å². The van der Waals surface area contributed by atoms with Gasteiger partial charge in [-0.1, -0.05) is 0 Å². The van der Waals surface area contributed by atoms with Crippen molar-refractivity contribution in [3.8, 4) is 0 Å². The maximum atomic E-state index is 11.6. The van der Waals surface area contributed by atoms with Gasteiger partial charge in [-0.15, -0.1) is 0 Å². The van der Waals surface area contributed by atoms with E-state index >= 15 is 0 Å². The van der Waals surface area contributed by atoms with Gasteiger partial charge in [0.1, 0.15) is 0 Å². The number of imide groups is 1. The van der Waals surface area contributed by atoms with Crippen LogP contribution in [0.3, 0.4) is 0 Å². The third-order valence-corrected chi connectivity index (χ3v) is 2.69. The second kappa shape index (κ2) is 2.21. The maximum Gasteiger partial charge on any atom is 0.324 e. The molecule has 0 radical (unpaired) electrons. The molecule has 0 atom stereocenters. The van der Waals surface area contributed by atoms with Crippen LogP contribution >= 0.6 is 0 Å². The topological polar surface area (TPSA) is 49.4 Å². The van der Waals surface area contributed by atoms with E-state index in [1.807, 2.05) is 6.92 Å². The highest BCUT2D eigenvalue weighted by molar-refractivity contribution is 6.01. The number of urea groups is 1. The van der Waals surface area contributed by atoms with Crippen LogP contribution in [0, 0.1) is 5.41 Å². The van der Waals surface area contributed by atoms with Crippen molar-refractivity contribution in [3.05, 3.63) is 0 Å². The number of rotatable bonds is 1. The molecule has 2 fully saturated rings. The molecule has 4 heteroatoms. The molecule has 2 aliphatic rings. The van der Waals surface area contributed by atoms with Crippen molar-refractivity contribution in [3.63, 3.8) is 0 Å². The summed E-state index contributed by atoms with van der Waals surface area (Å²) in [4.78, 5) is 24.1. The van der Waals surface area contributed by atoms with Crippen LogP contribution in [-0.4, -0.2) is 29.9 Å². The van der Waals surface area contributed by atoms with Gasteiger partial charge in [0.2, 0.25) is 5.91 Å². The fourth-order valence-corrected chi connectivity index (χ4v) is 1.62. The van der Waals surface area contributed by atoms with Crippen molar-refractivity contribution in [1.29, 1.82) is 0 Å². The number of hydrogen-bond donors (Lipinski definition) is 1. The summed E-state index contributed by atoms with van der Waals surface area (Å²) in [5.74, 6) is 0.0220. The Bertz CT molecular complexity index is 245. The molecule has 1 spiro atoms. The Kier molecular flexibility index (Phi) is 1.40. The second-order valence-electron chi connectivity index (χ2n) is 3.49. The van der Waals surface area contributed by atoms with Gasteiger partial charge in [0.25, 0.3) is 0 Å². The zero-order valence-electron chi connectivity index (χ0n) is 7.09. The lowest BCUT2D eigenvalue weighted by atomic mass is 10.0. The molecule has 0 aromatic carbocycles. The largest absolute Gasteiger partial charge is 0.337 e. The van der Waals surface area contributed by atoms with Gasteiger partial charge in [0.15, 0.2) is 0 Å². The minimum atomic E-state index is -0.236. The molecule has 1 saturated carbocycles. The number of carbonyl (C=O) groups is 2. The molecule has 1 N–H and O–H groups in total. The van der Waals surface area contributed by atoms with E-state index in [0.717, 1.165) is 12.8 Å². The van der Waals surface area contributed by atoms with Gasteiger partial charge >= 0.3 is 6.03 Å². The highest BCUT2D eigenvalue weighted by atomic mass is 16.2. The van der Waals surface area contributed by atoms with E-state index in [1.165, 1.54) is 4.90 Å². The molecule has 1 aliphatic carbocycles. The van der Waals surface area contributed by atoms with Crippen molar-refractivity contribution in [2.45, 2.75) is 19.8 Å². The molecular weight excluding hydrogens is 156 g/mol. The quantitative estimate of drug-likeness (QED) is 0.613. The number of nitrogens with one attached hydrogen (secondary N) is 1. The minimum absolute atomic E-state index is 0.0220. The summed E-state index contributed by atoms with van der Waals surface area (Å²) < 4.78 is 0. The van der Waals surface area contributed by atoms with E-state index in [4.69, 9.17) is 0 Å². The van der Waals surface area contributed by atoms with Crippen LogP contribution in [0.4, 0.5) is 4.79 Å². The van der Waals surface area contributed by atoms with E-state index in [9.17, 15) is 9.59 Å². The Hall–Kier alpha value is -1.06. The van der Waals surface area contributed by atoms with Crippen LogP contribution < -0.4 is 5.32 Å². The van der Waals surface area contributed by atoms with E-state index in [2.05, 4.69) is 5.32 Å². The lowest BCUT2D eigenvalue weighted by Crippen LogP contribution is -2.55. The van der Waals surface area contributed by atoms with Crippen LogP contribution in [-0.2, 0) is 4.79 Å². The van der Waals surface area contributed by atoms with Crippen LogP contribution in [0.25, 0.3) is 0 Å². The summed E-state index contributed by atoms with van der Waals surface area (Å²) in [6, 6.07) is -0.236. The standard InChI is InChI=1S/C8H12N2O2/c1-2-10-6(11)8(3-4-8)5-9-7(10)12/h2-5H2,1H3,(H,9,12). The first-order valence-electron chi connectivity index (χ1n) is 4.29. The molecule has 1 aliphatic heterocycles. The van der Waals surface area contributed by atoms with Gasteiger partial charge < -0.3 is 5.32 Å². The minimum Gasteiger partial charge on any atom is -0.337 e. The van der Waals surface area contributed by atoms with Gasteiger partial charge in [-0.2, -0.15) is 0 Å². The molecule has 0 aromatic heterocycles. The Morgan fingerprint density at radius 1 is 1.50 bits per heavy atom. The van der Waals surface area contributed by atoms with Crippen molar-refractivity contribution < 1.29 is 9.59 Å². The highest BCUT2D eigenvalue weighted by Crippen LogP contribution is 2.47. The maximum absolute atomic E-state index is 11.6. The van der Waals surface area contributed by atoms with Gasteiger partial charge in [0, 0.05) is 13.1 Å². The zero-order chi connectivity index (χ0) is 8.77. The number of amides is 3. The first-order valence-corrected chi connectivity index (χ1v) is 4.29. The lowest BCUT2D eigenvalue weighted by Gasteiger charge is -2.30. The average molecular weight is 168 g/mol. The van der Waals surface area contributed by atoms with Crippen molar-refractivity contribution in [2.24, 2.45) is 5.41 Å². The fourth-order valence-electron chi connectivity index (χ4n) is 1.62. The monoisotopic (exact) mass is 168 g/mol. The number of nitrogens with zero attached hydrogens (tertiary/aromatic N) is 1. The lowest BCUT2D eigenvalue weighted by molar-refractivity contribution is -0.135. The number of carbonyl (C=O) groups excluding carboxylic acids is 2. The Labute approximate surface area is 70.9 Å². The molecular formula is C8H12N2O2. The van der Waals surface area contributed by atoms with Gasteiger partial charge in [-0.3, -0.25) is 9.69 Å². The third-order valence-electron chi connectivity index (χ3n) is 2.69. The van der Waals surface area contributed by atoms with Crippen molar-refractivity contribution in [1.82, 2.24) is 10.2 Å².